The third-order valence-corrected chi connectivity index (χ3v) is 5.69. The summed E-state index contributed by atoms with van der Waals surface area (Å²) in [6.45, 7) is 0.287. The molecule has 6 nitrogen and oxygen atoms in total. The highest BCUT2D eigenvalue weighted by Gasteiger charge is 2.23. The van der Waals surface area contributed by atoms with Crippen molar-refractivity contribution in [2.24, 2.45) is 0 Å². The number of nitrogens with zero attached hydrogens (tertiary/aromatic N) is 1. The van der Waals surface area contributed by atoms with E-state index in [2.05, 4.69) is 5.32 Å². The quantitative estimate of drug-likeness (QED) is 0.725. The van der Waals surface area contributed by atoms with Crippen molar-refractivity contribution in [1.82, 2.24) is 9.79 Å². The maximum Gasteiger partial charge on any atom is 0.264 e. The lowest BCUT2D eigenvalue weighted by Crippen LogP contribution is -2.28. The lowest BCUT2D eigenvalue weighted by atomic mass is 10.1. The van der Waals surface area contributed by atoms with Crippen molar-refractivity contribution in [2.75, 3.05) is 20.7 Å². The predicted octanol–water partition coefficient (Wildman–Crippen LogP) is 2.63. The Balaban J connectivity index is 2.10. The van der Waals surface area contributed by atoms with Crippen molar-refractivity contribution in [3.05, 3.63) is 64.4 Å². The zero-order chi connectivity index (χ0) is 19.3. The zero-order valence-electron chi connectivity index (χ0n) is 14.2. The van der Waals surface area contributed by atoms with Crippen LogP contribution in [-0.4, -0.2) is 39.5 Å². The molecule has 0 bridgehead atoms. The van der Waals surface area contributed by atoms with E-state index in [4.69, 9.17) is 16.4 Å². The summed E-state index contributed by atoms with van der Waals surface area (Å²) in [6, 6.07) is 9.77. The van der Waals surface area contributed by atoms with Gasteiger partial charge in [0.15, 0.2) is 0 Å². The second kappa shape index (κ2) is 8.59. The summed E-state index contributed by atoms with van der Waals surface area (Å²) in [7, 11) is -1.43. The van der Waals surface area contributed by atoms with Gasteiger partial charge in [0.2, 0.25) is 0 Å². The largest absolute Gasteiger partial charge is 0.352 e. The van der Waals surface area contributed by atoms with E-state index in [-0.39, 0.29) is 27.8 Å². The van der Waals surface area contributed by atoms with Crippen LogP contribution in [0, 0.1) is 5.82 Å². The molecule has 2 aromatic carbocycles. The van der Waals surface area contributed by atoms with E-state index in [0.29, 0.717) is 10.9 Å². The molecule has 0 radical (unpaired) electrons. The van der Waals surface area contributed by atoms with Crippen LogP contribution in [0.3, 0.4) is 0 Å². The number of nitrogens with one attached hydrogen (secondary N) is 1. The first-order valence-electron chi connectivity index (χ1n) is 7.61. The molecular weight excluding hydrogens is 383 g/mol. The fourth-order valence-electron chi connectivity index (χ4n) is 2.15. The van der Waals surface area contributed by atoms with Crippen LogP contribution in [0.4, 0.5) is 4.39 Å². The number of hydroxylamine groups is 1. The van der Waals surface area contributed by atoms with Gasteiger partial charge in [-0.3, -0.25) is 9.63 Å². The minimum Gasteiger partial charge on any atom is -0.352 e. The second-order valence-corrected chi connectivity index (χ2v) is 7.71. The molecule has 26 heavy (non-hydrogen) atoms. The molecule has 0 saturated heterocycles. The number of rotatable bonds is 7. The van der Waals surface area contributed by atoms with Crippen molar-refractivity contribution in [2.45, 2.75) is 11.3 Å². The fraction of sp³-hybridized carbons (Fsp3) is 0.235. The highest BCUT2D eigenvalue weighted by atomic mass is 35.5. The molecule has 1 amide bonds. The molecule has 140 valence electrons. The Hall–Kier alpha value is -2.00. The fourth-order valence-corrected chi connectivity index (χ4v) is 3.36. The molecule has 1 N–H and O–H groups in total. The number of hydrogen-bond donors (Lipinski definition) is 1. The summed E-state index contributed by atoms with van der Waals surface area (Å²) >= 11 is 6.03. The standard InChI is InChI=1S/C17H18ClFN2O4S/c1-21(25-2)26(23,24)14-7-8-16(18)15(11-14)17(22)20-10-9-12-3-5-13(19)6-4-12/h3-8,11H,9-10H2,1-2H3,(H,20,22). The Morgan fingerprint density at radius 3 is 2.50 bits per heavy atom. The van der Waals surface area contributed by atoms with Crippen LogP contribution >= 0.6 is 11.6 Å². The number of sulfonamides is 1. The van der Waals surface area contributed by atoms with Crippen molar-refractivity contribution >= 4 is 27.5 Å². The summed E-state index contributed by atoms with van der Waals surface area (Å²) in [4.78, 5) is 16.9. The molecule has 0 aliphatic rings. The van der Waals surface area contributed by atoms with Gasteiger partial charge in [0.1, 0.15) is 5.82 Å². The van der Waals surface area contributed by atoms with Crippen LogP contribution in [0.1, 0.15) is 15.9 Å². The molecule has 0 saturated carbocycles. The van der Waals surface area contributed by atoms with Crippen LogP contribution in [0.25, 0.3) is 0 Å². The number of halogens is 2. The van der Waals surface area contributed by atoms with Gasteiger partial charge in [0.25, 0.3) is 15.9 Å². The van der Waals surface area contributed by atoms with Crippen molar-refractivity contribution in [3.8, 4) is 0 Å². The van der Waals surface area contributed by atoms with Crippen molar-refractivity contribution < 1.29 is 22.4 Å². The summed E-state index contributed by atoms with van der Waals surface area (Å²) in [5.41, 5.74) is 0.896. The summed E-state index contributed by atoms with van der Waals surface area (Å²) in [6.07, 6.45) is 0.494. The van der Waals surface area contributed by atoms with E-state index in [0.717, 1.165) is 5.56 Å². The minimum absolute atomic E-state index is 0.0383. The Kier molecular flexibility index (Phi) is 6.71. The number of hydrogen-bond acceptors (Lipinski definition) is 4. The molecule has 0 atom stereocenters. The van der Waals surface area contributed by atoms with Crippen LogP contribution in [0.5, 0.6) is 0 Å². The van der Waals surface area contributed by atoms with E-state index in [1.807, 2.05) is 0 Å². The van der Waals surface area contributed by atoms with Crippen LogP contribution < -0.4 is 5.32 Å². The van der Waals surface area contributed by atoms with Crippen molar-refractivity contribution in [3.63, 3.8) is 0 Å². The maximum absolute atomic E-state index is 12.9. The third-order valence-electron chi connectivity index (χ3n) is 3.69. The molecular formula is C17H18ClFN2O4S. The molecule has 0 fully saturated rings. The average molecular weight is 401 g/mol. The van der Waals surface area contributed by atoms with E-state index in [1.54, 1.807) is 12.1 Å². The molecule has 9 heteroatoms. The van der Waals surface area contributed by atoms with Gasteiger partial charge in [-0.15, -0.1) is 0 Å². The molecule has 0 unspecified atom stereocenters. The lowest BCUT2D eigenvalue weighted by molar-refractivity contribution is -0.0258. The van der Waals surface area contributed by atoms with Crippen LogP contribution in [0.2, 0.25) is 5.02 Å². The van der Waals surface area contributed by atoms with E-state index in [1.165, 1.54) is 44.5 Å². The molecule has 0 aliphatic carbocycles. The first-order chi connectivity index (χ1) is 12.3. The Labute approximate surface area is 156 Å². The van der Waals surface area contributed by atoms with Gasteiger partial charge in [-0.25, -0.2) is 12.8 Å². The zero-order valence-corrected chi connectivity index (χ0v) is 15.8. The molecule has 0 spiro atoms. The van der Waals surface area contributed by atoms with Gasteiger partial charge < -0.3 is 5.32 Å². The smallest absolute Gasteiger partial charge is 0.264 e. The first kappa shape index (κ1) is 20.3. The van der Waals surface area contributed by atoms with Gasteiger partial charge >= 0.3 is 0 Å². The molecule has 0 aromatic heterocycles. The monoisotopic (exact) mass is 400 g/mol. The maximum atomic E-state index is 12.9. The third kappa shape index (κ3) is 4.79. The number of carbonyl (C=O) groups is 1. The van der Waals surface area contributed by atoms with Crippen LogP contribution in [0.15, 0.2) is 47.4 Å². The predicted molar refractivity (Wildman–Crippen MR) is 95.8 cm³/mol. The Morgan fingerprint density at radius 2 is 1.88 bits per heavy atom. The average Bonchev–Trinajstić information content (AvgIpc) is 2.62. The summed E-state index contributed by atoms with van der Waals surface area (Å²) in [5.74, 6) is -0.835. The number of benzene rings is 2. The molecule has 2 aromatic rings. The van der Waals surface area contributed by atoms with Gasteiger partial charge in [-0.2, -0.15) is 0 Å². The number of carbonyl (C=O) groups excluding carboxylic acids is 1. The van der Waals surface area contributed by atoms with E-state index < -0.39 is 15.9 Å². The highest BCUT2D eigenvalue weighted by molar-refractivity contribution is 7.89. The molecule has 0 aliphatic heterocycles. The van der Waals surface area contributed by atoms with Gasteiger partial charge in [0, 0.05) is 13.6 Å². The highest BCUT2D eigenvalue weighted by Crippen LogP contribution is 2.22. The van der Waals surface area contributed by atoms with E-state index >= 15 is 0 Å². The summed E-state index contributed by atoms with van der Waals surface area (Å²) in [5, 5.41) is 2.80. The second-order valence-electron chi connectivity index (χ2n) is 5.37. The SMILES string of the molecule is CON(C)S(=O)(=O)c1ccc(Cl)c(C(=O)NCCc2ccc(F)cc2)c1. The Morgan fingerprint density at radius 1 is 1.23 bits per heavy atom. The molecule has 0 heterocycles. The van der Waals surface area contributed by atoms with Gasteiger partial charge in [-0.1, -0.05) is 28.2 Å². The van der Waals surface area contributed by atoms with Crippen molar-refractivity contribution in [1.29, 1.82) is 0 Å². The summed E-state index contributed by atoms with van der Waals surface area (Å²) < 4.78 is 38.1. The normalized spacial score (nSPS) is 11.6. The number of amides is 1. The minimum atomic E-state index is -3.89. The van der Waals surface area contributed by atoms with E-state index in [9.17, 15) is 17.6 Å². The molecule has 2 rings (SSSR count). The Bertz CT molecular complexity index is 888. The first-order valence-corrected chi connectivity index (χ1v) is 9.42. The van der Waals surface area contributed by atoms with Gasteiger partial charge in [-0.05, 0) is 42.3 Å². The topological polar surface area (TPSA) is 75.7 Å². The van der Waals surface area contributed by atoms with Crippen LogP contribution in [-0.2, 0) is 21.3 Å². The van der Waals surface area contributed by atoms with Gasteiger partial charge in [0.05, 0.1) is 22.6 Å². The lowest BCUT2D eigenvalue weighted by Gasteiger charge is -2.15.